The summed E-state index contributed by atoms with van der Waals surface area (Å²) in [7, 11) is 1.60. The van der Waals surface area contributed by atoms with E-state index in [0.29, 0.717) is 25.4 Å². The molecule has 26 heavy (non-hydrogen) atoms. The average Bonchev–Trinajstić information content (AvgIpc) is 3.05. The van der Waals surface area contributed by atoms with Gasteiger partial charge in [-0.2, -0.15) is 0 Å². The lowest BCUT2D eigenvalue weighted by atomic mass is 9.82. The molecular weight excluding hydrogens is 332 g/mol. The summed E-state index contributed by atoms with van der Waals surface area (Å²) in [4.78, 5) is 29.3. The number of fused-ring (bicyclic) bond motifs is 1. The number of aromatic nitrogens is 2. The van der Waals surface area contributed by atoms with Crippen molar-refractivity contribution in [2.24, 2.45) is 11.8 Å². The van der Waals surface area contributed by atoms with Gasteiger partial charge in [0.15, 0.2) is 0 Å². The first-order chi connectivity index (χ1) is 12.6. The fourth-order valence-electron chi connectivity index (χ4n) is 3.93. The number of hydrogen-bond acceptors (Lipinski definition) is 4. The summed E-state index contributed by atoms with van der Waals surface area (Å²) in [5, 5.41) is 6.05. The fourth-order valence-corrected chi connectivity index (χ4v) is 3.93. The van der Waals surface area contributed by atoms with Gasteiger partial charge in [-0.05, 0) is 38.0 Å². The molecule has 7 nitrogen and oxygen atoms in total. The quantitative estimate of drug-likeness (QED) is 0.752. The first kappa shape index (κ1) is 18.9. The maximum absolute atomic E-state index is 12.6. The highest BCUT2D eigenvalue weighted by Crippen LogP contribution is 2.28. The van der Waals surface area contributed by atoms with Gasteiger partial charge in [0.25, 0.3) is 5.91 Å². The zero-order valence-electron chi connectivity index (χ0n) is 15.8. The number of amides is 2. The molecule has 0 bridgehead atoms. The molecule has 1 saturated carbocycles. The van der Waals surface area contributed by atoms with Crippen molar-refractivity contribution in [1.29, 1.82) is 0 Å². The van der Waals surface area contributed by atoms with Crippen LogP contribution in [0.4, 0.5) is 0 Å². The first-order valence-corrected chi connectivity index (χ1v) is 9.70. The van der Waals surface area contributed by atoms with E-state index in [4.69, 9.17) is 4.74 Å². The predicted octanol–water partition coefficient (Wildman–Crippen LogP) is 1.52. The maximum Gasteiger partial charge on any atom is 0.269 e. The molecule has 1 unspecified atom stereocenters. The smallest absolute Gasteiger partial charge is 0.269 e. The highest BCUT2D eigenvalue weighted by Gasteiger charge is 2.29. The maximum atomic E-state index is 12.6. The van der Waals surface area contributed by atoms with E-state index in [1.165, 1.54) is 0 Å². The molecule has 0 radical (unpaired) electrons. The van der Waals surface area contributed by atoms with Crippen LogP contribution in [0.3, 0.4) is 0 Å². The summed E-state index contributed by atoms with van der Waals surface area (Å²) in [5.41, 5.74) is 0.557. The van der Waals surface area contributed by atoms with Gasteiger partial charge in [0.1, 0.15) is 11.5 Å². The Labute approximate surface area is 154 Å². The molecule has 7 heteroatoms. The standard InChI is InChI=1S/C19H30N4O3/c1-13-3-5-14(6-4-13)18(24)22-15-7-8-17-21-11-16(23(17)12-15)19(25)20-9-10-26-2/h11,13-15H,3-10,12H2,1-2H3,(H,20,25)(H,22,24). The molecule has 144 valence electrons. The van der Waals surface area contributed by atoms with Gasteiger partial charge in [0, 0.05) is 38.6 Å². The van der Waals surface area contributed by atoms with Crippen LogP contribution in [0.1, 0.15) is 55.3 Å². The Hall–Kier alpha value is -1.89. The number of ether oxygens (including phenoxy) is 1. The van der Waals surface area contributed by atoms with E-state index in [2.05, 4.69) is 22.5 Å². The Morgan fingerprint density at radius 2 is 2.04 bits per heavy atom. The molecule has 1 atom stereocenters. The molecule has 0 spiro atoms. The summed E-state index contributed by atoms with van der Waals surface area (Å²) in [5.74, 6) is 1.83. The summed E-state index contributed by atoms with van der Waals surface area (Å²) in [6, 6.07) is 0.0640. The largest absolute Gasteiger partial charge is 0.383 e. The third kappa shape index (κ3) is 4.44. The van der Waals surface area contributed by atoms with Crippen molar-refractivity contribution in [3.05, 3.63) is 17.7 Å². The van der Waals surface area contributed by atoms with Gasteiger partial charge in [0.05, 0.1) is 12.8 Å². The lowest BCUT2D eigenvalue weighted by Gasteiger charge is -2.30. The molecule has 2 amide bonds. The molecule has 1 aromatic heterocycles. The van der Waals surface area contributed by atoms with Crippen molar-refractivity contribution in [2.75, 3.05) is 20.3 Å². The molecule has 0 saturated heterocycles. The van der Waals surface area contributed by atoms with Crippen LogP contribution in [-0.4, -0.2) is 47.7 Å². The van der Waals surface area contributed by atoms with E-state index in [0.717, 1.165) is 50.3 Å². The van der Waals surface area contributed by atoms with Crippen molar-refractivity contribution < 1.29 is 14.3 Å². The third-order valence-electron chi connectivity index (χ3n) is 5.62. The van der Waals surface area contributed by atoms with Gasteiger partial charge >= 0.3 is 0 Å². The molecule has 1 aliphatic carbocycles. The van der Waals surface area contributed by atoms with Gasteiger partial charge < -0.3 is 19.9 Å². The number of carbonyl (C=O) groups excluding carboxylic acids is 2. The van der Waals surface area contributed by atoms with Crippen molar-refractivity contribution in [1.82, 2.24) is 20.2 Å². The van der Waals surface area contributed by atoms with Gasteiger partial charge in [-0.25, -0.2) is 4.98 Å². The second-order valence-corrected chi connectivity index (χ2v) is 7.62. The van der Waals surface area contributed by atoms with Crippen molar-refractivity contribution in [3.63, 3.8) is 0 Å². The zero-order valence-corrected chi connectivity index (χ0v) is 15.8. The topological polar surface area (TPSA) is 85.2 Å². The highest BCUT2D eigenvalue weighted by molar-refractivity contribution is 5.92. The van der Waals surface area contributed by atoms with Crippen molar-refractivity contribution in [3.8, 4) is 0 Å². The van der Waals surface area contributed by atoms with E-state index < -0.39 is 0 Å². The second-order valence-electron chi connectivity index (χ2n) is 7.62. The number of aryl methyl sites for hydroxylation is 1. The van der Waals surface area contributed by atoms with Crippen LogP contribution in [0.2, 0.25) is 0 Å². The number of nitrogens with zero attached hydrogens (tertiary/aromatic N) is 2. The summed E-state index contributed by atoms with van der Waals surface area (Å²) < 4.78 is 6.91. The van der Waals surface area contributed by atoms with Gasteiger partial charge in [0.2, 0.25) is 5.91 Å². The normalized spacial score (nSPS) is 25.4. The van der Waals surface area contributed by atoms with Gasteiger partial charge in [-0.15, -0.1) is 0 Å². The Kier molecular flexibility index (Phi) is 6.29. The highest BCUT2D eigenvalue weighted by atomic mass is 16.5. The Bertz CT molecular complexity index is 635. The fraction of sp³-hybridized carbons (Fsp3) is 0.737. The zero-order chi connectivity index (χ0) is 18.5. The number of methoxy groups -OCH3 is 1. The van der Waals surface area contributed by atoms with E-state index in [9.17, 15) is 9.59 Å². The molecule has 0 aromatic carbocycles. The molecule has 1 aliphatic heterocycles. The summed E-state index contributed by atoms with van der Waals surface area (Å²) >= 11 is 0. The van der Waals surface area contributed by atoms with E-state index in [-0.39, 0.29) is 23.8 Å². The van der Waals surface area contributed by atoms with Crippen molar-refractivity contribution in [2.45, 2.75) is 58.0 Å². The average molecular weight is 362 g/mol. The van der Waals surface area contributed by atoms with Crippen LogP contribution in [0, 0.1) is 11.8 Å². The molecular formula is C19H30N4O3. The number of hydrogen-bond donors (Lipinski definition) is 2. The van der Waals surface area contributed by atoms with Crippen LogP contribution < -0.4 is 10.6 Å². The van der Waals surface area contributed by atoms with Crippen LogP contribution >= 0.6 is 0 Å². The molecule has 2 heterocycles. The lowest BCUT2D eigenvalue weighted by molar-refractivity contribution is -0.127. The SMILES string of the molecule is COCCNC(=O)c1cnc2n1CC(NC(=O)C1CCC(C)CC1)CC2. The monoisotopic (exact) mass is 362 g/mol. The van der Waals surface area contributed by atoms with Crippen LogP contribution in [-0.2, 0) is 22.5 Å². The van der Waals surface area contributed by atoms with Gasteiger partial charge in [-0.1, -0.05) is 6.92 Å². The Morgan fingerprint density at radius 3 is 2.77 bits per heavy atom. The minimum absolute atomic E-state index is 0.0640. The number of imidazole rings is 1. The number of carbonyl (C=O) groups is 2. The molecule has 2 N–H and O–H groups in total. The van der Waals surface area contributed by atoms with Crippen LogP contribution in [0.15, 0.2) is 6.20 Å². The summed E-state index contributed by atoms with van der Waals surface area (Å²) in [6.45, 7) is 3.81. The Balaban J connectivity index is 1.57. The van der Waals surface area contributed by atoms with Crippen LogP contribution in [0.25, 0.3) is 0 Å². The van der Waals surface area contributed by atoms with Crippen molar-refractivity contribution >= 4 is 11.8 Å². The lowest BCUT2D eigenvalue weighted by Crippen LogP contribution is -2.45. The number of nitrogens with one attached hydrogen (secondary N) is 2. The van der Waals surface area contributed by atoms with Gasteiger partial charge in [-0.3, -0.25) is 9.59 Å². The first-order valence-electron chi connectivity index (χ1n) is 9.70. The molecule has 1 fully saturated rings. The minimum atomic E-state index is -0.144. The van der Waals surface area contributed by atoms with Crippen LogP contribution in [0.5, 0.6) is 0 Å². The summed E-state index contributed by atoms with van der Waals surface area (Å²) in [6.07, 6.45) is 7.53. The number of rotatable bonds is 6. The molecule has 1 aromatic rings. The van der Waals surface area contributed by atoms with E-state index in [1.807, 2.05) is 4.57 Å². The molecule has 3 rings (SSSR count). The Morgan fingerprint density at radius 1 is 1.27 bits per heavy atom. The minimum Gasteiger partial charge on any atom is -0.383 e. The van der Waals surface area contributed by atoms with E-state index in [1.54, 1.807) is 13.3 Å². The second kappa shape index (κ2) is 8.66. The molecule has 2 aliphatic rings. The van der Waals surface area contributed by atoms with E-state index >= 15 is 0 Å². The predicted molar refractivity (Wildman–Crippen MR) is 97.8 cm³/mol. The third-order valence-corrected chi connectivity index (χ3v) is 5.62.